The van der Waals surface area contributed by atoms with Gasteiger partial charge in [0.25, 0.3) is 5.91 Å². The molecule has 0 saturated carbocycles. The van der Waals surface area contributed by atoms with Gasteiger partial charge in [-0.05, 0) is 39.0 Å². The summed E-state index contributed by atoms with van der Waals surface area (Å²) in [4.78, 5) is 12.1. The number of anilines is 1. The number of carbonyl (C=O) groups is 1. The van der Waals surface area contributed by atoms with Crippen LogP contribution in [0.25, 0.3) is 5.82 Å². The summed E-state index contributed by atoms with van der Waals surface area (Å²) in [5.74, 6) is 1.58. The van der Waals surface area contributed by atoms with Crippen LogP contribution in [0.4, 0.5) is 5.82 Å². The Labute approximate surface area is 144 Å². The Bertz CT molecular complexity index is 847. The predicted molar refractivity (Wildman–Crippen MR) is 90.7 cm³/mol. The van der Waals surface area contributed by atoms with E-state index in [1.54, 1.807) is 18.5 Å². The molecule has 0 fully saturated rings. The molecule has 3 aromatic rings. The van der Waals surface area contributed by atoms with Gasteiger partial charge in [-0.15, -0.1) is 10.2 Å². The highest BCUT2D eigenvalue weighted by Crippen LogP contribution is 2.11. The third kappa shape index (κ3) is 3.82. The van der Waals surface area contributed by atoms with E-state index >= 15 is 0 Å². The lowest BCUT2D eigenvalue weighted by Crippen LogP contribution is -2.29. The largest absolute Gasteiger partial charge is 0.367 e. The van der Waals surface area contributed by atoms with E-state index in [1.807, 2.05) is 31.3 Å². The maximum atomic E-state index is 12.1. The van der Waals surface area contributed by atoms with Crippen molar-refractivity contribution >= 4 is 11.7 Å². The van der Waals surface area contributed by atoms with Crippen molar-refractivity contribution in [3.63, 3.8) is 0 Å². The van der Waals surface area contributed by atoms with Gasteiger partial charge >= 0.3 is 0 Å². The van der Waals surface area contributed by atoms with Gasteiger partial charge in [-0.3, -0.25) is 4.79 Å². The summed E-state index contributed by atoms with van der Waals surface area (Å²) in [5, 5.41) is 22.2. The first-order valence-electron chi connectivity index (χ1n) is 7.86. The van der Waals surface area contributed by atoms with E-state index in [2.05, 4.69) is 31.1 Å². The molecule has 3 rings (SSSR count). The zero-order chi connectivity index (χ0) is 17.8. The van der Waals surface area contributed by atoms with Crippen LogP contribution in [0.15, 0.2) is 28.9 Å². The Balaban J connectivity index is 1.48. The lowest BCUT2D eigenvalue weighted by molar-refractivity contribution is 0.0953. The number of rotatable bonds is 6. The van der Waals surface area contributed by atoms with E-state index in [0.29, 0.717) is 41.7 Å². The molecule has 3 heterocycles. The van der Waals surface area contributed by atoms with Gasteiger partial charge in [0.15, 0.2) is 5.82 Å². The standard InChI is InChI=1S/C16H19N7O2/c1-10-6-9-23(21-10)14-5-4-13(19-20-14)17-7-8-18-16(24)15-11(2)22-25-12(15)3/h4-6,9H,7-8H2,1-3H3,(H,17,19)(H,18,24). The van der Waals surface area contributed by atoms with Gasteiger partial charge in [-0.2, -0.15) is 5.10 Å². The molecular formula is C16H19N7O2. The van der Waals surface area contributed by atoms with Crippen LogP contribution in [-0.2, 0) is 0 Å². The number of hydrogen-bond donors (Lipinski definition) is 2. The molecule has 130 valence electrons. The molecule has 0 atom stereocenters. The van der Waals surface area contributed by atoms with Gasteiger partial charge in [0, 0.05) is 19.3 Å². The highest BCUT2D eigenvalue weighted by molar-refractivity contribution is 5.96. The van der Waals surface area contributed by atoms with Crippen molar-refractivity contribution < 1.29 is 9.32 Å². The van der Waals surface area contributed by atoms with Gasteiger partial charge in [0.2, 0.25) is 0 Å². The molecule has 0 aromatic carbocycles. The summed E-state index contributed by atoms with van der Waals surface area (Å²) in [6, 6.07) is 5.54. The zero-order valence-corrected chi connectivity index (χ0v) is 14.3. The highest BCUT2D eigenvalue weighted by Gasteiger charge is 2.16. The average Bonchev–Trinajstić information content (AvgIpc) is 3.18. The molecule has 0 aliphatic heterocycles. The molecule has 0 aliphatic rings. The van der Waals surface area contributed by atoms with Crippen LogP contribution in [0.2, 0.25) is 0 Å². The monoisotopic (exact) mass is 341 g/mol. The molecule has 25 heavy (non-hydrogen) atoms. The molecule has 9 heteroatoms. The number of aromatic nitrogens is 5. The van der Waals surface area contributed by atoms with Crippen LogP contribution in [-0.4, -0.2) is 44.1 Å². The first-order chi connectivity index (χ1) is 12.0. The Morgan fingerprint density at radius 3 is 2.60 bits per heavy atom. The molecule has 0 spiro atoms. The number of nitrogens with one attached hydrogen (secondary N) is 2. The van der Waals surface area contributed by atoms with Crippen LogP contribution in [0.1, 0.15) is 27.5 Å². The maximum Gasteiger partial charge on any atom is 0.256 e. The summed E-state index contributed by atoms with van der Waals surface area (Å²) in [5.41, 5.74) is 1.98. The third-order valence-corrected chi connectivity index (χ3v) is 3.58. The molecular weight excluding hydrogens is 322 g/mol. The Kier molecular flexibility index (Phi) is 4.73. The van der Waals surface area contributed by atoms with Gasteiger partial charge in [-0.25, -0.2) is 4.68 Å². The van der Waals surface area contributed by atoms with E-state index < -0.39 is 0 Å². The molecule has 9 nitrogen and oxygen atoms in total. The second kappa shape index (κ2) is 7.12. The average molecular weight is 341 g/mol. The first kappa shape index (κ1) is 16.6. The maximum absolute atomic E-state index is 12.1. The quantitative estimate of drug-likeness (QED) is 0.652. The smallest absolute Gasteiger partial charge is 0.256 e. The summed E-state index contributed by atoms with van der Waals surface area (Å²) in [7, 11) is 0. The third-order valence-electron chi connectivity index (χ3n) is 3.58. The van der Waals surface area contributed by atoms with Gasteiger partial charge < -0.3 is 15.2 Å². The van der Waals surface area contributed by atoms with Crippen LogP contribution < -0.4 is 10.6 Å². The molecule has 0 unspecified atom stereocenters. The topological polar surface area (TPSA) is 111 Å². The van der Waals surface area contributed by atoms with Crippen LogP contribution in [0.3, 0.4) is 0 Å². The molecule has 1 amide bonds. The SMILES string of the molecule is Cc1ccn(-c2ccc(NCCNC(=O)c3c(C)noc3C)nn2)n1. The fourth-order valence-corrected chi connectivity index (χ4v) is 2.35. The van der Waals surface area contributed by atoms with Gasteiger partial charge in [0.05, 0.1) is 11.4 Å². The van der Waals surface area contributed by atoms with E-state index in [-0.39, 0.29) is 5.91 Å². The van der Waals surface area contributed by atoms with Crippen molar-refractivity contribution in [2.75, 3.05) is 18.4 Å². The fraction of sp³-hybridized carbons (Fsp3) is 0.312. The number of aryl methyl sites for hydroxylation is 3. The number of nitrogens with zero attached hydrogens (tertiary/aromatic N) is 5. The van der Waals surface area contributed by atoms with Crippen molar-refractivity contribution in [2.45, 2.75) is 20.8 Å². The van der Waals surface area contributed by atoms with E-state index in [0.717, 1.165) is 5.69 Å². The Morgan fingerprint density at radius 2 is 2.00 bits per heavy atom. The minimum absolute atomic E-state index is 0.200. The minimum Gasteiger partial charge on any atom is -0.367 e. The summed E-state index contributed by atoms with van der Waals surface area (Å²) >= 11 is 0. The van der Waals surface area contributed by atoms with Gasteiger partial charge in [0.1, 0.15) is 17.1 Å². The molecule has 0 bridgehead atoms. The van der Waals surface area contributed by atoms with Crippen molar-refractivity contribution in [1.82, 2.24) is 30.5 Å². The van der Waals surface area contributed by atoms with E-state index in [9.17, 15) is 4.79 Å². The van der Waals surface area contributed by atoms with Crippen molar-refractivity contribution in [3.8, 4) is 5.82 Å². The minimum atomic E-state index is -0.200. The first-order valence-corrected chi connectivity index (χ1v) is 7.86. The lowest BCUT2D eigenvalue weighted by Gasteiger charge is -2.07. The van der Waals surface area contributed by atoms with Gasteiger partial charge in [-0.1, -0.05) is 5.16 Å². The normalized spacial score (nSPS) is 10.7. The van der Waals surface area contributed by atoms with Crippen molar-refractivity contribution in [1.29, 1.82) is 0 Å². The fourth-order valence-electron chi connectivity index (χ4n) is 2.35. The molecule has 0 aliphatic carbocycles. The summed E-state index contributed by atoms with van der Waals surface area (Å²) in [6.07, 6.45) is 1.83. The van der Waals surface area contributed by atoms with E-state index in [4.69, 9.17) is 4.52 Å². The van der Waals surface area contributed by atoms with Crippen LogP contribution in [0.5, 0.6) is 0 Å². The van der Waals surface area contributed by atoms with Crippen molar-refractivity contribution in [3.05, 3.63) is 47.1 Å². The summed E-state index contributed by atoms with van der Waals surface area (Å²) < 4.78 is 6.65. The number of amides is 1. The second-order valence-corrected chi connectivity index (χ2v) is 5.56. The molecule has 3 aromatic heterocycles. The molecule has 2 N–H and O–H groups in total. The predicted octanol–water partition coefficient (Wildman–Crippen LogP) is 1.42. The molecule has 0 saturated heterocycles. The van der Waals surface area contributed by atoms with E-state index in [1.165, 1.54) is 0 Å². The lowest BCUT2D eigenvalue weighted by atomic mass is 10.2. The zero-order valence-electron chi connectivity index (χ0n) is 14.3. The Morgan fingerprint density at radius 1 is 1.16 bits per heavy atom. The van der Waals surface area contributed by atoms with Crippen LogP contribution in [0, 0.1) is 20.8 Å². The van der Waals surface area contributed by atoms with Crippen LogP contribution >= 0.6 is 0 Å². The number of carbonyl (C=O) groups excluding carboxylic acids is 1. The van der Waals surface area contributed by atoms with Crippen molar-refractivity contribution in [2.24, 2.45) is 0 Å². The highest BCUT2D eigenvalue weighted by atomic mass is 16.5. The molecule has 0 radical (unpaired) electrons. The number of hydrogen-bond acceptors (Lipinski definition) is 7. The second-order valence-electron chi connectivity index (χ2n) is 5.56. The summed E-state index contributed by atoms with van der Waals surface area (Å²) in [6.45, 7) is 6.32. The Hall–Kier alpha value is -3.23.